The first-order valence-electron chi connectivity index (χ1n) is 9.47. The Labute approximate surface area is 150 Å². The molecule has 2 aliphatic rings. The highest BCUT2D eigenvalue weighted by Crippen LogP contribution is 2.32. The zero-order valence-electron chi connectivity index (χ0n) is 15.3. The van der Waals surface area contributed by atoms with Crippen LogP contribution in [0.3, 0.4) is 0 Å². The molecular weight excluding hydrogens is 314 g/mol. The number of hydrogen-bond donors (Lipinski definition) is 1. The van der Waals surface area contributed by atoms with Crippen LogP contribution in [0.15, 0.2) is 24.3 Å². The van der Waals surface area contributed by atoms with E-state index < -0.39 is 0 Å². The monoisotopic (exact) mass is 343 g/mol. The number of rotatable bonds is 4. The molecule has 1 aromatic rings. The molecule has 5 heteroatoms. The molecule has 1 fully saturated rings. The molecule has 1 aliphatic heterocycles. The van der Waals surface area contributed by atoms with Crippen molar-refractivity contribution in [3.8, 4) is 0 Å². The minimum absolute atomic E-state index is 0.0806. The maximum absolute atomic E-state index is 12.8. The van der Waals surface area contributed by atoms with Crippen molar-refractivity contribution >= 4 is 23.2 Å². The van der Waals surface area contributed by atoms with E-state index in [2.05, 4.69) is 10.2 Å². The van der Waals surface area contributed by atoms with Crippen LogP contribution in [-0.2, 0) is 9.59 Å². The Hall–Kier alpha value is -2.04. The third kappa shape index (κ3) is 4.14. The first-order valence-corrected chi connectivity index (χ1v) is 9.47. The zero-order valence-corrected chi connectivity index (χ0v) is 15.3. The van der Waals surface area contributed by atoms with Gasteiger partial charge in [-0.3, -0.25) is 9.59 Å². The molecule has 0 radical (unpaired) electrons. The summed E-state index contributed by atoms with van der Waals surface area (Å²) in [5.74, 6) is 0.339. The fraction of sp³-hybridized carbons (Fsp3) is 0.600. The summed E-state index contributed by atoms with van der Waals surface area (Å²) in [5, 5.41) is 3.06. The minimum Gasteiger partial charge on any atom is -0.371 e. The van der Waals surface area contributed by atoms with Gasteiger partial charge in [0, 0.05) is 38.5 Å². The average molecular weight is 343 g/mol. The lowest BCUT2D eigenvalue weighted by Crippen LogP contribution is -2.46. The Balaban J connectivity index is 1.58. The van der Waals surface area contributed by atoms with Crippen molar-refractivity contribution in [1.82, 2.24) is 5.32 Å². The third-order valence-corrected chi connectivity index (χ3v) is 5.39. The second kappa shape index (κ2) is 7.89. The van der Waals surface area contributed by atoms with Crippen LogP contribution in [-0.4, -0.2) is 38.0 Å². The first-order chi connectivity index (χ1) is 12.1. The molecule has 0 saturated heterocycles. The van der Waals surface area contributed by atoms with E-state index in [1.54, 1.807) is 0 Å². The molecule has 3 rings (SSSR count). The maximum Gasteiger partial charge on any atom is 0.229 e. The van der Waals surface area contributed by atoms with Gasteiger partial charge in [0.05, 0.1) is 11.4 Å². The molecule has 5 nitrogen and oxygen atoms in total. The van der Waals surface area contributed by atoms with Gasteiger partial charge in [0.15, 0.2) is 0 Å². The average Bonchev–Trinajstić information content (AvgIpc) is 2.62. The number of benzene rings is 1. The summed E-state index contributed by atoms with van der Waals surface area (Å²) >= 11 is 0. The number of nitrogens with one attached hydrogen (secondary N) is 1. The Bertz CT molecular complexity index is 625. The highest BCUT2D eigenvalue weighted by atomic mass is 16.2. The van der Waals surface area contributed by atoms with Gasteiger partial charge in [0.25, 0.3) is 0 Å². The van der Waals surface area contributed by atoms with E-state index in [4.69, 9.17) is 0 Å². The van der Waals surface area contributed by atoms with Crippen molar-refractivity contribution in [2.75, 3.05) is 29.9 Å². The molecular formula is C20H29N3O2. The summed E-state index contributed by atoms with van der Waals surface area (Å²) in [6, 6.07) is 7.87. The van der Waals surface area contributed by atoms with E-state index >= 15 is 0 Å². The summed E-state index contributed by atoms with van der Waals surface area (Å²) in [6.45, 7) is 3.45. The Morgan fingerprint density at radius 3 is 2.52 bits per heavy atom. The lowest BCUT2D eigenvalue weighted by molar-refractivity contribution is -0.126. The number of para-hydroxylation sites is 2. The normalized spacial score (nSPS) is 19.3. The van der Waals surface area contributed by atoms with Crippen LogP contribution in [0, 0.1) is 5.92 Å². The third-order valence-electron chi connectivity index (χ3n) is 5.39. The fourth-order valence-electron chi connectivity index (χ4n) is 3.91. The Morgan fingerprint density at radius 1 is 1.12 bits per heavy atom. The highest BCUT2D eigenvalue weighted by molar-refractivity contribution is 5.98. The highest BCUT2D eigenvalue weighted by Gasteiger charge is 2.27. The van der Waals surface area contributed by atoms with E-state index in [0.717, 1.165) is 43.6 Å². The van der Waals surface area contributed by atoms with Crippen molar-refractivity contribution in [2.45, 2.75) is 51.5 Å². The number of carbonyl (C=O) groups excluding carboxylic acids is 2. The minimum atomic E-state index is -0.131. The van der Waals surface area contributed by atoms with E-state index in [1.165, 1.54) is 6.42 Å². The predicted octanol–water partition coefficient (Wildman–Crippen LogP) is 2.94. The van der Waals surface area contributed by atoms with Gasteiger partial charge in [-0.05, 0) is 31.9 Å². The second-order valence-corrected chi connectivity index (χ2v) is 7.40. The molecule has 136 valence electrons. The van der Waals surface area contributed by atoms with Crippen LogP contribution in [0.5, 0.6) is 0 Å². The summed E-state index contributed by atoms with van der Waals surface area (Å²) in [4.78, 5) is 29.2. The molecule has 1 N–H and O–H groups in total. The maximum atomic E-state index is 12.8. The number of carbonyl (C=O) groups is 2. The van der Waals surface area contributed by atoms with Gasteiger partial charge >= 0.3 is 0 Å². The number of anilines is 2. The van der Waals surface area contributed by atoms with Gasteiger partial charge in [-0.15, -0.1) is 0 Å². The largest absolute Gasteiger partial charge is 0.371 e. The number of nitrogens with zero attached hydrogens (tertiary/aromatic N) is 2. The summed E-state index contributed by atoms with van der Waals surface area (Å²) in [6.07, 6.45) is 5.83. The molecule has 0 bridgehead atoms. The van der Waals surface area contributed by atoms with Gasteiger partial charge < -0.3 is 15.1 Å². The first kappa shape index (κ1) is 17.8. The lowest BCUT2D eigenvalue weighted by Gasteiger charge is -2.36. The topological polar surface area (TPSA) is 52.7 Å². The van der Waals surface area contributed by atoms with Gasteiger partial charge in [0.1, 0.15) is 0 Å². The van der Waals surface area contributed by atoms with Crippen molar-refractivity contribution < 1.29 is 9.59 Å². The van der Waals surface area contributed by atoms with Crippen LogP contribution in [0.1, 0.15) is 45.4 Å². The molecule has 1 aliphatic carbocycles. The fourth-order valence-corrected chi connectivity index (χ4v) is 3.91. The molecule has 1 unspecified atom stereocenters. The van der Waals surface area contributed by atoms with Crippen LogP contribution in [0.25, 0.3) is 0 Å². The molecule has 1 saturated carbocycles. The van der Waals surface area contributed by atoms with Crippen molar-refractivity contribution in [1.29, 1.82) is 0 Å². The van der Waals surface area contributed by atoms with E-state index in [1.807, 2.05) is 43.1 Å². The smallest absolute Gasteiger partial charge is 0.229 e. The van der Waals surface area contributed by atoms with E-state index in [-0.39, 0.29) is 23.8 Å². The van der Waals surface area contributed by atoms with Crippen molar-refractivity contribution in [2.24, 2.45) is 5.92 Å². The summed E-state index contributed by atoms with van der Waals surface area (Å²) < 4.78 is 0. The molecule has 1 heterocycles. The van der Waals surface area contributed by atoms with Gasteiger partial charge in [-0.2, -0.15) is 0 Å². The predicted molar refractivity (Wildman–Crippen MR) is 101 cm³/mol. The number of amides is 2. The number of fused-ring (bicyclic) bond motifs is 1. The SMILES string of the molecule is CC(CC(=O)N1CCN(C)c2ccccc21)NC(=O)C1CCCCC1. The van der Waals surface area contributed by atoms with E-state index in [0.29, 0.717) is 13.0 Å². The van der Waals surface area contributed by atoms with Gasteiger partial charge in [-0.1, -0.05) is 31.4 Å². The molecule has 2 amide bonds. The van der Waals surface area contributed by atoms with Gasteiger partial charge in [0.2, 0.25) is 11.8 Å². The van der Waals surface area contributed by atoms with Crippen LogP contribution < -0.4 is 15.1 Å². The van der Waals surface area contributed by atoms with Crippen LogP contribution >= 0.6 is 0 Å². The van der Waals surface area contributed by atoms with Crippen molar-refractivity contribution in [3.05, 3.63) is 24.3 Å². The number of hydrogen-bond acceptors (Lipinski definition) is 3. The van der Waals surface area contributed by atoms with E-state index in [9.17, 15) is 9.59 Å². The summed E-state index contributed by atoms with van der Waals surface area (Å²) in [5.41, 5.74) is 2.05. The Morgan fingerprint density at radius 2 is 1.80 bits per heavy atom. The second-order valence-electron chi connectivity index (χ2n) is 7.40. The summed E-state index contributed by atoms with van der Waals surface area (Å²) in [7, 11) is 2.05. The van der Waals surface area contributed by atoms with Gasteiger partial charge in [-0.25, -0.2) is 0 Å². The molecule has 0 spiro atoms. The Kier molecular flexibility index (Phi) is 5.61. The molecule has 0 aromatic heterocycles. The quantitative estimate of drug-likeness (QED) is 0.914. The van der Waals surface area contributed by atoms with Crippen LogP contribution in [0.2, 0.25) is 0 Å². The number of likely N-dealkylation sites (N-methyl/N-ethyl adjacent to an activating group) is 1. The standard InChI is InChI=1S/C20H29N3O2/c1-15(21-20(25)16-8-4-3-5-9-16)14-19(24)23-13-12-22(2)17-10-6-7-11-18(17)23/h6-7,10-11,15-16H,3-5,8-9,12-14H2,1-2H3,(H,21,25). The lowest BCUT2D eigenvalue weighted by atomic mass is 9.88. The van der Waals surface area contributed by atoms with Crippen molar-refractivity contribution in [3.63, 3.8) is 0 Å². The zero-order chi connectivity index (χ0) is 17.8. The molecule has 1 atom stereocenters. The molecule has 25 heavy (non-hydrogen) atoms. The molecule has 1 aromatic carbocycles. The van der Waals surface area contributed by atoms with Crippen LogP contribution in [0.4, 0.5) is 11.4 Å².